The van der Waals surface area contributed by atoms with Gasteiger partial charge in [-0.2, -0.15) is 0 Å². The summed E-state index contributed by atoms with van der Waals surface area (Å²) in [7, 11) is -3.67. The molecular weight excluding hydrogens is 288 g/mol. The molecule has 0 atom stereocenters. The van der Waals surface area contributed by atoms with Crippen LogP contribution in [0.3, 0.4) is 0 Å². The molecule has 3 aromatic rings. The van der Waals surface area contributed by atoms with E-state index in [2.05, 4.69) is 19.9 Å². The maximum atomic E-state index is 12.1. The van der Waals surface area contributed by atoms with Gasteiger partial charge in [-0.1, -0.05) is 42.5 Å². The molecule has 0 spiro atoms. The van der Waals surface area contributed by atoms with Crippen molar-refractivity contribution in [2.24, 2.45) is 0 Å². The zero-order valence-corrected chi connectivity index (χ0v) is 11.7. The van der Waals surface area contributed by atoms with Crippen molar-refractivity contribution in [3.05, 3.63) is 60.9 Å². The van der Waals surface area contributed by atoms with E-state index in [1.54, 1.807) is 24.3 Å². The summed E-state index contributed by atoms with van der Waals surface area (Å²) in [4.78, 5) is 2.75. The average Bonchev–Trinajstić information content (AvgIpc) is 3.00. The number of rotatable bonds is 4. The predicted molar refractivity (Wildman–Crippen MR) is 79.1 cm³/mol. The zero-order valence-electron chi connectivity index (χ0n) is 10.9. The van der Waals surface area contributed by atoms with Gasteiger partial charge in [-0.15, -0.1) is 10.2 Å². The Morgan fingerprint density at radius 2 is 1.57 bits per heavy atom. The number of aromatic amines is 1. The predicted octanol–water partition coefficient (Wildman–Crippen LogP) is 2.27. The summed E-state index contributed by atoms with van der Waals surface area (Å²) in [5, 5.41) is 7.12. The first kappa shape index (κ1) is 13.3. The number of H-pyrrole nitrogens is 1. The van der Waals surface area contributed by atoms with Gasteiger partial charge in [-0.3, -0.25) is 0 Å². The number of anilines is 1. The van der Waals surface area contributed by atoms with Crippen LogP contribution in [-0.4, -0.2) is 23.6 Å². The van der Waals surface area contributed by atoms with Crippen molar-refractivity contribution in [3.63, 3.8) is 0 Å². The maximum absolute atomic E-state index is 12.1. The second-order valence-corrected chi connectivity index (χ2v) is 6.02. The van der Waals surface area contributed by atoms with Crippen LogP contribution in [0.15, 0.2) is 65.8 Å². The number of sulfonamides is 1. The van der Waals surface area contributed by atoms with E-state index in [-0.39, 0.29) is 10.8 Å². The van der Waals surface area contributed by atoms with Crippen molar-refractivity contribution in [2.45, 2.75) is 4.90 Å². The van der Waals surface area contributed by atoms with Gasteiger partial charge in [-0.25, -0.2) is 13.1 Å². The van der Waals surface area contributed by atoms with Gasteiger partial charge < -0.3 is 4.98 Å². The fourth-order valence-electron chi connectivity index (χ4n) is 1.90. The molecule has 0 aliphatic carbocycles. The first-order valence-corrected chi connectivity index (χ1v) is 7.68. The Labute approximate surface area is 121 Å². The fourth-order valence-corrected chi connectivity index (χ4v) is 2.87. The van der Waals surface area contributed by atoms with Gasteiger partial charge in [0.25, 0.3) is 10.0 Å². The third kappa shape index (κ3) is 2.92. The van der Waals surface area contributed by atoms with Crippen LogP contribution in [0.1, 0.15) is 0 Å². The molecule has 6 nitrogen and oxygen atoms in total. The summed E-state index contributed by atoms with van der Waals surface area (Å²) in [5.41, 5.74) is 1.99. The molecule has 0 amide bonds. The molecule has 106 valence electrons. The fraction of sp³-hybridized carbons (Fsp3) is 0. The minimum atomic E-state index is -3.67. The topological polar surface area (TPSA) is 87.7 Å². The van der Waals surface area contributed by atoms with Crippen LogP contribution in [-0.2, 0) is 10.0 Å². The van der Waals surface area contributed by atoms with Crippen molar-refractivity contribution >= 4 is 16.0 Å². The maximum Gasteiger partial charge on any atom is 0.264 e. The number of hydrogen-bond acceptors (Lipinski definition) is 4. The molecule has 2 aromatic carbocycles. The lowest BCUT2D eigenvalue weighted by Gasteiger charge is -2.06. The van der Waals surface area contributed by atoms with E-state index < -0.39 is 10.0 Å². The summed E-state index contributed by atoms with van der Waals surface area (Å²) in [5.74, 6) is 0.0853. The van der Waals surface area contributed by atoms with E-state index >= 15 is 0 Å². The first-order valence-electron chi connectivity index (χ1n) is 6.19. The van der Waals surface area contributed by atoms with Gasteiger partial charge in [0.15, 0.2) is 0 Å². The summed E-state index contributed by atoms with van der Waals surface area (Å²) in [6, 6.07) is 16.4. The van der Waals surface area contributed by atoms with Crippen molar-refractivity contribution in [2.75, 3.05) is 4.72 Å². The number of aromatic nitrogens is 3. The number of nitrogens with one attached hydrogen (secondary N) is 2. The standard InChI is InChI=1S/C14H12N4O2S/c19-21(20,18-14-15-10-16-17-14)13-8-6-12(7-9-13)11-4-2-1-3-5-11/h1-10H,(H2,15,16,17,18). The number of nitrogens with zero attached hydrogens (tertiary/aromatic N) is 2. The van der Waals surface area contributed by atoms with E-state index in [1.165, 1.54) is 6.33 Å². The van der Waals surface area contributed by atoms with Crippen molar-refractivity contribution in [3.8, 4) is 11.1 Å². The summed E-state index contributed by atoms with van der Waals surface area (Å²) < 4.78 is 26.6. The van der Waals surface area contributed by atoms with Crippen molar-refractivity contribution < 1.29 is 8.42 Å². The monoisotopic (exact) mass is 300 g/mol. The summed E-state index contributed by atoms with van der Waals surface area (Å²) in [6.45, 7) is 0. The second kappa shape index (κ2) is 5.37. The highest BCUT2D eigenvalue weighted by Crippen LogP contribution is 2.21. The van der Waals surface area contributed by atoms with Crippen LogP contribution >= 0.6 is 0 Å². The number of hydrogen-bond donors (Lipinski definition) is 2. The largest absolute Gasteiger partial charge is 0.313 e. The van der Waals surface area contributed by atoms with Crippen molar-refractivity contribution in [1.29, 1.82) is 0 Å². The quantitative estimate of drug-likeness (QED) is 0.773. The zero-order chi connectivity index (χ0) is 14.7. The Morgan fingerprint density at radius 1 is 0.905 bits per heavy atom. The van der Waals surface area contributed by atoms with E-state index in [4.69, 9.17) is 0 Å². The third-order valence-electron chi connectivity index (χ3n) is 2.92. The molecule has 0 saturated carbocycles. The molecule has 0 radical (unpaired) electrons. The third-order valence-corrected chi connectivity index (χ3v) is 4.27. The molecule has 0 saturated heterocycles. The van der Waals surface area contributed by atoms with Gasteiger partial charge in [0.2, 0.25) is 5.95 Å². The van der Waals surface area contributed by atoms with Crippen LogP contribution < -0.4 is 4.72 Å². The van der Waals surface area contributed by atoms with Crippen LogP contribution in [0.5, 0.6) is 0 Å². The molecule has 0 aliphatic rings. The van der Waals surface area contributed by atoms with Gasteiger partial charge in [-0.05, 0) is 23.3 Å². The highest BCUT2D eigenvalue weighted by Gasteiger charge is 2.15. The minimum absolute atomic E-state index is 0.0853. The van der Waals surface area contributed by atoms with Crippen LogP contribution in [0.4, 0.5) is 5.95 Å². The van der Waals surface area contributed by atoms with E-state index in [0.717, 1.165) is 11.1 Å². The highest BCUT2D eigenvalue weighted by molar-refractivity contribution is 7.92. The lowest BCUT2D eigenvalue weighted by atomic mass is 10.1. The Kier molecular flexibility index (Phi) is 3.41. The van der Waals surface area contributed by atoms with Gasteiger partial charge in [0.1, 0.15) is 6.33 Å². The molecule has 0 aliphatic heterocycles. The van der Waals surface area contributed by atoms with E-state index in [1.807, 2.05) is 30.3 Å². The molecular formula is C14H12N4O2S. The molecule has 3 rings (SSSR count). The molecule has 0 unspecified atom stereocenters. The molecule has 1 heterocycles. The molecule has 0 bridgehead atoms. The first-order chi connectivity index (χ1) is 10.1. The smallest absolute Gasteiger partial charge is 0.264 e. The van der Waals surface area contributed by atoms with Gasteiger partial charge in [0, 0.05) is 0 Å². The SMILES string of the molecule is O=S(=O)(Nc1nnc[nH]1)c1ccc(-c2ccccc2)cc1. The average molecular weight is 300 g/mol. The molecule has 1 aromatic heterocycles. The normalized spacial score (nSPS) is 11.2. The van der Waals surface area contributed by atoms with Gasteiger partial charge in [0.05, 0.1) is 4.90 Å². The lowest BCUT2D eigenvalue weighted by molar-refractivity contribution is 0.601. The Bertz CT molecular complexity index is 813. The molecule has 7 heteroatoms. The Balaban J connectivity index is 1.87. The van der Waals surface area contributed by atoms with Crippen molar-refractivity contribution in [1.82, 2.24) is 15.2 Å². The summed E-state index contributed by atoms with van der Waals surface area (Å²) >= 11 is 0. The summed E-state index contributed by atoms with van der Waals surface area (Å²) in [6.07, 6.45) is 1.30. The Morgan fingerprint density at radius 3 is 2.19 bits per heavy atom. The van der Waals surface area contributed by atoms with E-state index in [0.29, 0.717) is 0 Å². The second-order valence-electron chi connectivity index (χ2n) is 4.33. The van der Waals surface area contributed by atoms with Crippen LogP contribution in [0.25, 0.3) is 11.1 Å². The van der Waals surface area contributed by atoms with E-state index in [9.17, 15) is 8.42 Å². The Hall–Kier alpha value is -2.67. The lowest BCUT2D eigenvalue weighted by Crippen LogP contribution is -2.13. The number of benzene rings is 2. The minimum Gasteiger partial charge on any atom is -0.313 e. The highest BCUT2D eigenvalue weighted by atomic mass is 32.2. The molecule has 0 fully saturated rings. The van der Waals surface area contributed by atoms with Crippen LogP contribution in [0, 0.1) is 0 Å². The van der Waals surface area contributed by atoms with Crippen LogP contribution in [0.2, 0.25) is 0 Å². The molecule has 21 heavy (non-hydrogen) atoms. The molecule has 2 N–H and O–H groups in total. The van der Waals surface area contributed by atoms with Gasteiger partial charge >= 0.3 is 0 Å².